The van der Waals surface area contributed by atoms with Crippen LogP contribution in [0.4, 0.5) is 17.1 Å². The topological polar surface area (TPSA) is 114 Å². The maximum absolute atomic E-state index is 13.8. The van der Waals surface area contributed by atoms with Gasteiger partial charge in [-0.05, 0) is 66.0 Å². The van der Waals surface area contributed by atoms with E-state index in [4.69, 9.17) is 12.2 Å². The zero-order chi connectivity index (χ0) is 30.8. The number of aromatic nitrogens is 3. The lowest BCUT2D eigenvalue weighted by Gasteiger charge is -2.36. The summed E-state index contributed by atoms with van der Waals surface area (Å²) in [4.78, 5) is 42.1. The van der Waals surface area contributed by atoms with Crippen LogP contribution in [0.25, 0.3) is 17.5 Å². The van der Waals surface area contributed by atoms with Crippen molar-refractivity contribution in [3.05, 3.63) is 130 Å². The molecule has 0 aliphatic carbocycles. The van der Waals surface area contributed by atoms with Gasteiger partial charge in [-0.25, -0.2) is 0 Å². The van der Waals surface area contributed by atoms with Crippen molar-refractivity contribution in [1.29, 1.82) is 0 Å². The molecular weight excluding hydrogens is 597 g/mol. The van der Waals surface area contributed by atoms with Crippen LogP contribution >= 0.6 is 24.0 Å². The molecule has 0 bridgehead atoms. The third-order valence-corrected chi connectivity index (χ3v) is 8.31. The van der Waals surface area contributed by atoms with E-state index in [-0.39, 0.29) is 16.4 Å². The Balaban J connectivity index is 1.38. The number of benzene rings is 4. The first-order valence-corrected chi connectivity index (χ1v) is 14.5. The Labute approximate surface area is 261 Å². The summed E-state index contributed by atoms with van der Waals surface area (Å²) in [6, 6.07) is 31.5. The fourth-order valence-electron chi connectivity index (χ4n) is 4.70. The smallest absolute Gasteiger partial charge is 0.283 e. The number of nitro groups is 1. The lowest BCUT2D eigenvalue weighted by molar-refractivity contribution is -0.387. The number of nitro benzene ring substituents is 1. The van der Waals surface area contributed by atoms with Gasteiger partial charge < -0.3 is 4.57 Å². The molecule has 1 aliphatic heterocycles. The van der Waals surface area contributed by atoms with Crippen molar-refractivity contribution in [2.24, 2.45) is 7.05 Å². The fraction of sp³-hybridized carbons (Fsp3) is 0.0312. The highest BCUT2D eigenvalue weighted by Gasteiger charge is 2.41. The Morgan fingerprint density at radius 1 is 0.795 bits per heavy atom. The van der Waals surface area contributed by atoms with Gasteiger partial charge in [-0.3, -0.25) is 29.5 Å². The van der Waals surface area contributed by atoms with Crippen LogP contribution in [0, 0.1) is 10.1 Å². The van der Waals surface area contributed by atoms with E-state index in [9.17, 15) is 19.7 Å². The largest absolute Gasteiger partial charge is 0.305 e. The van der Waals surface area contributed by atoms with Gasteiger partial charge in [0.2, 0.25) is 0 Å². The lowest BCUT2D eigenvalue weighted by atomic mass is 10.0. The van der Waals surface area contributed by atoms with Crippen LogP contribution in [0.2, 0.25) is 0 Å². The number of amides is 2. The zero-order valence-corrected chi connectivity index (χ0v) is 24.7. The predicted octanol–water partition coefficient (Wildman–Crippen LogP) is 6.29. The molecule has 2 heterocycles. The van der Waals surface area contributed by atoms with E-state index >= 15 is 0 Å². The molecule has 6 rings (SSSR count). The van der Waals surface area contributed by atoms with E-state index in [1.165, 1.54) is 21.9 Å². The molecule has 10 nitrogen and oxygen atoms in total. The summed E-state index contributed by atoms with van der Waals surface area (Å²) in [5, 5.41) is 21.1. The van der Waals surface area contributed by atoms with Crippen molar-refractivity contribution < 1.29 is 14.5 Å². The molecular formula is C32H22N6O4S2. The van der Waals surface area contributed by atoms with Gasteiger partial charge in [-0.15, -0.1) is 10.2 Å². The minimum atomic E-state index is -0.632. The Bertz CT molecular complexity index is 1880. The third kappa shape index (κ3) is 5.39. The monoisotopic (exact) mass is 618 g/mol. The van der Waals surface area contributed by atoms with Gasteiger partial charge in [0.05, 0.1) is 21.2 Å². The number of nitrogens with zero attached hydrogens (tertiary/aromatic N) is 6. The van der Waals surface area contributed by atoms with Crippen molar-refractivity contribution in [2.75, 3.05) is 9.80 Å². The number of para-hydroxylation sites is 2. The molecule has 12 heteroatoms. The van der Waals surface area contributed by atoms with Gasteiger partial charge in [-0.2, -0.15) is 0 Å². The van der Waals surface area contributed by atoms with Gasteiger partial charge in [-0.1, -0.05) is 72.8 Å². The van der Waals surface area contributed by atoms with E-state index in [2.05, 4.69) is 10.2 Å². The summed E-state index contributed by atoms with van der Waals surface area (Å²) in [6.45, 7) is 0. The second-order valence-corrected chi connectivity index (χ2v) is 11.0. The van der Waals surface area contributed by atoms with E-state index in [1.807, 2.05) is 30.3 Å². The molecule has 0 spiro atoms. The van der Waals surface area contributed by atoms with E-state index < -0.39 is 16.7 Å². The summed E-state index contributed by atoms with van der Waals surface area (Å²) >= 11 is 6.74. The Morgan fingerprint density at radius 3 is 1.89 bits per heavy atom. The summed E-state index contributed by atoms with van der Waals surface area (Å²) < 4.78 is 1.76. The Kier molecular flexibility index (Phi) is 7.84. The van der Waals surface area contributed by atoms with Crippen LogP contribution in [0.3, 0.4) is 0 Å². The van der Waals surface area contributed by atoms with E-state index in [1.54, 1.807) is 84.4 Å². The van der Waals surface area contributed by atoms with Crippen molar-refractivity contribution in [3.8, 4) is 11.4 Å². The van der Waals surface area contributed by atoms with Crippen molar-refractivity contribution in [2.45, 2.75) is 10.1 Å². The molecule has 1 saturated heterocycles. The van der Waals surface area contributed by atoms with Crippen LogP contribution in [-0.2, 0) is 16.6 Å². The van der Waals surface area contributed by atoms with Crippen LogP contribution < -0.4 is 9.80 Å². The summed E-state index contributed by atoms with van der Waals surface area (Å²) in [5.74, 6) is -0.644. The number of thiocarbonyl (C=S) groups is 1. The number of hydrogen-bond donors (Lipinski definition) is 0. The van der Waals surface area contributed by atoms with Gasteiger partial charge >= 0.3 is 0 Å². The van der Waals surface area contributed by atoms with Gasteiger partial charge in [0.15, 0.2) is 16.1 Å². The standard InChI is InChI=1S/C32H22N6O4S2/c1-35-28(22-11-5-2-6-12-22)33-34-31(35)44-27-18-17-21(20-26(27)38(41)42)19-25-29(39)36(23-13-7-3-8-14-23)32(43)37(30(25)40)24-15-9-4-10-16-24/h2-20H,1H3. The number of rotatable bonds is 7. The molecule has 0 radical (unpaired) electrons. The predicted molar refractivity (Wildman–Crippen MR) is 172 cm³/mol. The van der Waals surface area contributed by atoms with Crippen LogP contribution in [-0.4, -0.2) is 36.6 Å². The molecule has 1 aliphatic rings. The van der Waals surface area contributed by atoms with Crippen molar-refractivity contribution >= 4 is 64.0 Å². The Morgan fingerprint density at radius 2 is 1.34 bits per heavy atom. The quantitative estimate of drug-likeness (QED) is 0.0688. The first-order valence-electron chi connectivity index (χ1n) is 13.3. The highest BCUT2D eigenvalue weighted by molar-refractivity contribution is 7.99. The lowest BCUT2D eigenvalue weighted by Crippen LogP contribution is -2.56. The molecule has 0 saturated carbocycles. The SMILES string of the molecule is Cn1c(Sc2ccc(C=C3C(=O)N(c4ccccc4)C(=S)N(c4ccccc4)C3=O)cc2[N+](=O)[O-])nnc1-c1ccccc1. The minimum absolute atomic E-state index is 0.00540. The second-order valence-electron chi connectivity index (χ2n) is 9.61. The highest BCUT2D eigenvalue weighted by Crippen LogP contribution is 2.37. The molecule has 1 aromatic heterocycles. The van der Waals surface area contributed by atoms with Crippen molar-refractivity contribution in [3.63, 3.8) is 0 Å². The number of carbonyl (C=O) groups is 2. The van der Waals surface area contributed by atoms with E-state index in [0.717, 1.165) is 17.3 Å². The second kappa shape index (κ2) is 12.0. The van der Waals surface area contributed by atoms with E-state index in [0.29, 0.717) is 32.8 Å². The molecule has 0 atom stereocenters. The molecule has 0 unspecified atom stereocenters. The molecule has 44 heavy (non-hydrogen) atoms. The first-order chi connectivity index (χ1) is 21.3. The fourth-order valence-corrected chi connectivity index (χ4v) is 5.95. The summed E-state index contributed by atoms with van der Waals surface area (Å²) in [5.41, 5.74) is 1.73. The highest BCUT2D eigenvalue weighted by atomic mass is 32.2. The molecule has 1 fully saturated rings. The molecule has 0 N–H and O–H groups in total. The zero-order valence-electron chi connectivity index (χ0n) is 23.1. The number of anilines is 2. The molecule has 5 aromatic rings. The normalized spacial score (nSPS) is 13.4. The Hall–Kier alpha value is -5.46. The number of carbonyl (C=O) groups excluding carboxylic acids is 2. The summed E-state index contributed by atoms with van der Waals surface area (Å²) in [7, 11) is 1.79. The number of hydrogen-bond acceptors (Lipinski definition) is 8. The average Bonchev–Trinajstić information content (AvgIpc) is 3.40. The molecule has 2 amide bonds. The maximum Gasteiger partial charge on any atom is 0.283 e. The van der Waals surface area contributed by atoms with Gasteiger partial charge in [0.1, 0.15) is 5.57 Å². The van der Waals surface area contributed by atoms with Crippen LogP contribution in [0.1, 0.15) is 5.56 Å². The van der Waals surface area contributed by atoms with Crippen molar-refractivity contribution in [1.82, 2.24) is 14.8 Å². The van der Waals surface area contributed by atoms with Gasteiger partial charge in [0.25, 0.3) is 17.5 Å². The van der Waals surface area contributed by atoms with Gasteiger partial charge in [0, 0.05) is 18.7 Å². The van der Waals surface area contributed by atoms with Crippen LogP contribution in [0.5, 0.6) is 0 Å². The molecule has 216 valence electrons. The maximum atomic E-state index is 13.8. The minimum Gasteiger partial charge on any atom is -0.305 e. The first kappa shape index (κ1) is 28.6. The third-order valence-electron chi connectivity index (χ3n) is 6.84. The molecule has 4 aromatic carbocycles. The average molecular weight is 619 g/mol. The van der Waals surface area contributed by atoms with Crippen LogP contribution in [0.15, 0.2) is 125 Å². The summed E-state index contributed by atoms with van der Waals surface area (Å²) in [6.07, 6.45) is 1.36.